The Morgan fingerprint density at radius 1 is 1.19 bits per heavy atom. The SMILES string of the molecule is CN=C(NCCc1c(F)cccc1F)NCc1ncc(C(C)(C)C)o1.I. The van der Waals surface area contributed by atoms with Gasteiger partial charge in [0.2, 0.25) is 5.89 Å². The maximum atomic E-state index is 13.6. The molecular weight excluding hydrogens is 453 g/mol. The Balaban J connectivity index is 0.00000338. The smallest absolute Gasteiger partial charge is 0.213 e. The molecule has 0 amide bonds. The van der Waals surface area contributed by atoms with Gasteiger partial charge < -0.3 is 15.1 Å². The minimum Gasteiger partial charge on any atom is -0.443 e. The summed E-state index contributed by atoms with van der Waals surface area (Å²) >= 11 is 0. The van der Waals surface area contributed by atoms with Crippen molar-refractivity contribution in [2.45, 2.75) is 39.2 Å². The predicted octanol–water partition coefficient (Wildman–Crippen LogP) is 3.78. The molecule has 26 heavy (non-hydrogen) atoms. The van der Waals surface area contributed by atoms with Crippen molar-refractivity contribution in [2.24, 2.45) is 4.99 Å². The Hall–Kier alpha value is -1.71. The Labute approximate surface area is 169 Å². The molecule has 2 aromatic rings. The fraction of sp³-hybridized carbons (Fsp3) is 0.444. The normalized spacial score (nSPS) is 11.8. The van der Waals surface area contributed by atoms with E-state index in [2.05, 4.69) is 20.6 Å². The van der Waals surface area contributed by atoms with Crippen LogP contribution in [0.15, 0.2) is 33.8 Å². The van der Waals surface area contributed by atoms with E-state index < -0.39 is 11.6 Å². The van der Waals surface area contributed by atoms with Gasteiger partial charge in [-0.15, -0.1) is 24.0 Å². The Morgan fingerprint density at radius 3 is 2.38 bits per heavy atom. The van der Waals surface area contributed by atoms with Crippen LogP contribution in [0.4, 0.5) is 8.78 Å². The third-order valence-corrected chi connectivity index (χ3v) is 3.65. The summed E-state index contributed by atoms with van der Waals surface area (Å²) in [5.74, 6) is 0.779. The van der Waals surface area contributed by atoms with Crippen LogP contribution >= 0.6 is 24.0 Å². The van der Waals surface area contributed by atoms with Crippen molar-refractivity contribution >= 4 is 29.9 Å². The summed E-state index contributed by atoms with van der Waals surface area (Å²) in [6, 6.07) is 3.85. The number of benzene rings is 1. The molecule has 144 valence electrons. The van der Waals surface area contributed by atoms with Crippen LogP contribution in [-0.2, 0) is 18.4 Å². The van der Waals surface area contributed by atoms with Crippen LogP contribution < -0.4 is 10.6 Å². The van der Waals surface area contributed by atoms with E-state index in [0.29, 0.717) is 24.9 Å². The number of aliphatic imine (C=N–C) groups is 1. The van der Waals surface area contributed by atoms with Gasteiger partial charge in [-0.3, -0.25) is 4.99 Å². The topological polar surface area (TPSA) is 62.5 Å². The number of aromatic nitrogens is 1. The van der Waals surface area contributed by atoms with Gasteiger partial charge in [0.15, 0.2) is 5.96 Å². The minimum atomic E-state index is -0.542. The molecule has 2 rings (SSSR count). The summed E-state index contributed by atoms with van der Waals surface area (Å²) in [5, 5.41) is 6.08. The number of rotatable bonds is 5. The van der Waals surface area contributed by atoms with Gasteiger partial charge in [-0.25, -0.2) is 13.8 Å². The molecule has 0 radical (unpaired) electrons. The number of oxazole rings is 1. The van der Waals surface area contributed by atoms with E-state index in [0.717, 1.165) is 5.76 Å². The molecule has 0 spiro atoms. The number of nitrogens with zero attached hydrogens (tertiary/aromatic N) is 2. The van der Waals surface area contributed by atoms with Crippen molar-refractivity contribution < 1.29 is 13.2 Å². The zero-order valence-corrected chi connectivity index (χ0v) is 17.7. The number of nitrogens with one attached hydrogen (secondary N) is 2. The van der Waals surface area contributed by atoms with Crippen molar-refractivity contribution in [1.82, 2.24) is 15.6 Å². The van der Waals surface area contributed by atoms with Crippen molar-refractivity contribution in [3.63, 3.8) is 0 Å². The molecule has 0 unspecified atom stereocenters. The van der Waals surface area contributed by atoms with Gasteiger partial charge in [-0.05, 0) is 18.6 Å². The molecule has 0 aliphatic heterocycles. The average Bonchev–Trinajstić information content (AvgIpc) is 3.02. The predicted molar refractivity (Wildman–Crippen MR) is 109 cm³/mol. The summed E-state index contributed by atoms with van der Waals surface area (Å²) in [6.45, 7) is 6.85. The first-order valence-corrected chi connectivity index (χ1v) is 8.14. The van der Waals surface area contributed by atoms with Crippen LogP contribution in [0.1, 0.15) is 38.0 Å². The summed E-state index contributed by atoms with van der Waals surface area (Å²) in [7, 11) is 1.62. The number of hydrogen-bond donors (Lipinski definition) is 2. The van der Waals surface area contributed by atoms with Crippen molar-refractivity contribution in [3.05, 3.63) is 53.2 Å². The molecule has 0 saturated heterocycles. The lowest BCUT2D eigenvalue weighted by Gasteiger charge is -2.13. The molecule has 5 nitrogen and oxygen atoms in total. The Morgan fingerprint density at radius 2 is 1.85 bits per heavy atom. The van der Waals surface area contributed by atoms with Crippen molar-refractivity contribution in [3.8, 4) is 0 Å². The average molecular weight is 478 g/mol. The molecule has 0 atom stereocenters. The summed E-state index contributed by atoms with van der Waals surface area (Å²) in [6.07, 6.45) is 1.93. The molecule has 2 N–H and O–H groups in total. The highest BCUT2D eigenvalue weighted by Gasteiger charge is 2.19. The second-order valence-corrected chi connectivity index (χ2v) is 6.67. The first-order valence-electron chi connectivity index (χ1n) is 8.14. The first kappa shape index (κ1) is 22.3. The maximum Gasteiger partial charge on any atom is 0.213 e. The first-order chi connectivity index (χ1) is 11.8. The third kappa shape index (κ3) is 6.22. The summed E-state index contributed by atoms with van der Waals surface area (Å²) in [5.41, 5.74) is -0.0392. The highest BCUT2D eigenvalue weighted by Crippen LogP contribution is 2.22. The quantitative estimate of drug-likeness (QED) is 0.390. The van der Waals surface area contributed by atoms with E-state index in [1.54, 1.807) is 13.2 Å². The van der Waals surface area contributed by atoms with E-state index in [-0.39, 0.29) is 41.4 Å². The van der Waals surface area contributed by atoms with E-state index in [1.165, 1.54) is 18.2 Å². The largest absolute Gasteiger partial charge is 0.443 e. The molecular formula is C18H25F2IN4O. The van der Waals surface area contributed by atoms with Gasteiger partial charge >= 0.3 is 0 Å². The van der Waals surface area contributed by atoms with Gasteiger partial charge in [0, 0.05) is 24.6 Å². The molecule has 0 aliphatic carbocycles. The number of guanidine groups is 1. The highest BCUT2D eigenvalue weighted by molar-refractivity contribution is 14.0. The van der Waals surface area contributed by atoms with Gasteiger partial charge in [-0.1, -0.05) is 26.8 Å². The molecule has 0 aliphatic rings. The number of hydrogen-bond acceptors (Lipinski definition) is 3. The Bertz CT molecular complexity index is 721. The monoisotopic (exact) mass is 478 g/mol. The molecule has 1 heterocycles. The maximum absolute atomic E-state index is 13.6. The highest BCUT2D eigenvalue weighted by atomic mass is 127. The van der Waals surface area contributed by atoms with Crippen LogP contribution in [0.5, 0.6) is 0 Å². The van der Waals surface area contributed by atoms with Gasteiger partial charge in [0.1, 0.15) is 17.4 Å². The molecule has 1 aromatic carbocycles. The fourth-order valence-corrected chi connectivity index (χ4v) is 2.20. The second kappa shape index (κ2) is 9.84. The standard InChI is InChI=1S/C18H24F2N4O.HI/c1-18(2,3)15-10-23-16(25-15)11-24-17(21-4)22-9-8-12-13(19)6-5-7-14(12)20;/h5-7,10H,8-9,11H2,1-4H3,(H2,21,22,24);1H. The number of halogens is 3. The van der Waals surface area contributed by atoms with Crippen LogP contribution in [0, 0.1) is 11.6 Å². The molecule has 8 heteroatoms. The van der Waals surface area contributed by atoms with E-state index >= 15 is 0 Å². The summed E-state index contributed by atoms with van der Waals surface area (Å²) < 4.78 is 32.9. The van der Waals surface area contributed by atoms with Crippen LogP contribution in [0.25, 0.3) is 0 Å². The zero-order chi connectivity index (χ0) is 18.4. The van der Waals surface area contributed by atoms with Gasteiger partial charge in [0.25, 0.3) is 0 Å². The molecule has 1 aromatic heterocycles. The lowest BCUT2D eigenvalue weighted by Crippen LogP contribution is -2.38. The van der Waals surface area contributed by atoms with Gasteiger partial charge in [0.05, 0.1) is 12.7 Å². The van der Waals surface area contributed by atoms with Gasteiger partial charge in [-0.2, -0.15) is 0 Å². The zero-order valence-electron chi connectivity index (χ0n) is 15.4. The van der Waals surface area contributed by atoms with Crippen LogP contribution in [-0.4, -0.2) is 24.5 Å². The van der Waals surface area contributed by atoms with E-state index in [9.17, 15) is 8.78 Å². The fourth-order valence-electron chi connectivity index (χ4n) is 2.20. The summed E-state index contributed by atoms with van der Waals surface area (Å²) in [4.78, 5) is 8.30. The van der Waals surface area contributed by atoms with E-state index in [4.69, 9.17) is 4.42 Å². The molecule has 0 fully saturated rings. The minimum absolute atomic E-state index is 0. The molecule has 0 bridgehead atoms. The third-order valence-electron chi connectivity index (χ3n) is 3.65. The van der Waals surface area contributed by atoms with Crippen LogP contribution in [0.3, 0.4) is 0 Å². The second-order valence-electron chi connectivity index (χ2n) is 6.67. The van der Waals surface area contributed by atoms with Crippen LogP contribution in [0.2, 0.25) is 0 Å². The van der Waals surface area contributed by atoms with E-state index in [1.807, 2.05) is 20.8 Å². The van der Waals surface area contributed by atoms with Crippen molar-refractivity contribution in [1.29, 1.82) is 0 Å². The Kier molecular flexibility index (Phi) is 8.45. The lowest BCUT2D eigenvalue weighted by molar-refractivity contribution is 0.379. The lowest BCUT2D eigenvalue weighted by atomic mass is 9.94. The van der Waals surface area contributed by atoms with Crippen molar-refractivity contribution in [2.75, 3.05) is 13.6 Å². The molecule has 0 saturated carbocycles.